The van der Waals surface area contributed by atoms with Gasteiger partial charge in [0.1, 0.15) is 16.4 Å². The molecule has 0 saturated heterocycles. The Labute approximate surface area is 203 Å². The number of methoxy groups -OCH3 is 1. The number of rotatable bonds is 8. The van der Waals surface area contributed by atoms with E-state index in [0.29, 0.717) is 22.1 Å². The Morgan fingerprint density at radius 1 is 1.15 bits per heavy atom. The van der Waals surface area contributed by atoms with Gasteiger partial charge in [-0.25, -0.2) is 4.79 Å². The van der Waals surface area contributed by atoms with Crippen molar-refractivity contribution in [2.24, 2.45) is 7.05 Å². The number of carbonyl (C=O) groups excluding carboxylic acids is 2. The summed E-state index contributed by atoms with van der Waals surface area (Å²) in [6, 6.07) is 13.7. The molecule has 1 amide bonds. The Morgan fingerprint density at radius 3 is 2.64 bits per heavy atom. The number of hydrogen-bond donors (Lipinski definition) is 1. The monoisotopic (exact) mass is 498 g/mol. The van der Waals surface area contributed by atoms with Crippen molar-refractivity contribution >= 4 is 51.3 Å². The van der Waals surface area contributed by atoms with Gasteiger partial charge in [-0.15, -0.1) is 32.9 Å². The number of benzene rings is 1. The van der Waals surface area contributed by atoms with Gasteiger partial charge in [-0.05, 0) is 23.9 Å². The average Bonchev–Trinajstić information content (AvgIpc) is 3.53. The van der Waals surface area contributed by atoms with E-state index in [1.807, 2.05) is 60.3 Å². The molecular weight excluding hydrogens is 476 g/mol. The molecule has 4 aromatic rings. The Hall–Kier alpha value is -2.95. The van der Waals surface area contributed by atoms with Crippen LogP contribution in [-0.2, 0) is 23.0 Å². The molecule has 3 heterocycles. The van der Waals surface area contributed by atoms with Gasteiger partial charge in [0.05, 0.1) is 12.9 Å². The lowest BCUT2D eigenvalue weighted by Gasteiger charge is -2.08. The molecule has 0 radical (unpaired) electrons. The number of nitrogens with zero attached hydrogens (tertiary/aromatic N) is 3. The van der Waals surface area contributed by atoms with Crippen LogP contribution in [-0.4, -0.2) is 39.5 Å². The third-order valence-corrected chi connectivity index (χ3v) is 7.88. The molecule has 0 bridgehead atoms. The normalized spacial score (nSPS) is 10.9. The number of thioether (sulfide) groups is 1. The lowest BCUT2D eigenvalue weighted by atomic mass is 10.0. The first kappa shape index (κ1) is 23.2. The average molecular weight is 499 g/mol. The van der Waals surface area contributed by atoms with Crippen LogP contribution in [0.3, 0.4) is 0 Å². The maximum atomic E-state index is 12.7. The number of anilines is 1. The van der Waals surface area contributed by atoms with E-state index in [4.69, 9.17) is 4.74 Å². The van der Waals surface area contributed by atoms with Crippen LogP contribution in [0.5, 0.6) is 0 Å². The molecule has 0 aliphatic carbocycles. The van der Waals surface area contributed by atoms with Crippen LogP contribution in [0.25, 0.3) is 11.1 Å². The van der Waals surface area contributed by atoms with Crippen LogP contribution in [0.4, 0.5) is 5.00 Å². The van der Waals surface area contributed by atoms with Crippen molar-refractivity contribution in [3.63, 3.8) is 0 Å². The Morgan fingerprint density at radius 2 is 1.94 bits per heavy atom. The van der Waals surface area contributed by atoms with Crippen LogP contribution < -0.4 is 5.32 Å². The molecule has 10 heteroatoms. The lowest BCUT2D eigenvalue weighted by Crippen LogP contribution is -2.16. The molecule has 0 saturated carbocycles. The minimum Gasteiger partial charge on any atom is -0.465 e. The summed E-state index contributed by atoms with van der Waals surface area (Å²) < 4.78 is 6.92. The summed E-state index contributed by atoms with van der Waals surface area (Å²) in [7, 11) is 3.24. The van der Waals surface area contributed by atoms with Crippen molar-refractivity contribution in [1.29, 1.82) is 0 Å². The molecule has 170 valence electrons. The van der Waals surface area contributed by atoms with Crippen molar-refractivity contribution in [2.75, 3.05) is 18.2 Å². The highest BCUT2D eigenvalue weighted by molar-refractivity contribution is 7.99. The molecule has 33 heavy (non-hydrogen) atoms. The van der Waals surface area contributed by atoms with E-state index < -0.39 is 5.97 Å². The summed E-state index contributed by atoms with van der Waals surface area (Å²) in [6.45, 7) is 1.93. The third-order valence-electron chi connectivity index (χ3n) is 4.96. The summed E-state index contributed by atoms with van der Waals surface area (Å²) in [5.41, 5.74) is 2.06. The van der Waals surface area contributed by atoms with Gasteiger partial charge >= 0.3 is 5.97 Å². The summed E-state index contributed by atoms with van der Waals surface area (Å²) in [5, 5.41) is 14.6. The standard InChI is InChI=1S/C23H22N4O3S3/c1-14-19(15-8-5-4-6-9-15)20(22(29)30-3)21(33-14)24-18(28)13-32-23-26-25-17(27(23)2)12-16-10-7-11-31-16/h4-11H,12-13H2,1-3H3,(H,24,28). The highest BCUT2D eigenvalue weighted by Gasteiger charge is 2.25. The van der Waals surface area contributed by atoms with Crippen molar-refractivity contribution < 1.29 is 14.3 Å². The first-order valence-corrected chi connectivity index (χ1v) is 12.8. The quantitative estimate of drug-likeness (QED) is 0.271. The minimum atomic E-state index is -0.479. The molecular formula is C23H22N4O3S3. The van der Waals surface area contributed by atoms with E-state index >= 15 is 0 Å². The number of esters is 1. The molecule has 3 aromatic heterocycles. The van der Waals surface area contributed by atoms with Gasteiger partial charge in [0, 0.05) is 28.8 Å². The number of thiophene rings is 2. The highest BCUT2D eigenvalue weighted by atomic mass is 32.2. The van der Waals surface area contributed by atoms with Crippen LogP contribution in [0.2, 0.25) is 0 Å². The molecule has 0 unspecified atom stereocenters. The SMILES string of the molecule is COC(=O)c1c(NC(=O)CSc2nnc(Cc3cccs3)n2C)sc(C)c1-c1ccccc1. The van der Waals surface area contributed by atoms with E-state index in [-0.39, 0.29) is 11.7 Å². The van der Waals surface area contributed by atoms with Crippen molar-refractivity contribution in [2.45, 2.75) is 18.5 Å². The number of ether oxygens (including phenoxy) is 1. The molecule has 0 spiro atoms. The van der Waals surface area contributed by atoms with E-state index in [0.717, 1.165) is 21.8 Å². The van der Waals surface area contributed by atoms with Crippen LogP contribution >= 0.6 is 34.4 Å². The zero-order valence-corrected chi connectivity index (χ0v) is 20.8. The van der Waals surface area contributed by atoms with E-state index in [1.54, 1.807) is 11.3 Å². The molecule has 1 aromatic carbocycles. The summed E-state index contributed by atoms with van der Waals surface area (Å²) in [4.78, 5) is 27.5. The van der Waals surface area contributed by atoms with Crippen LogP contribution in [0.15, 0.2) is 53.0 Å². The van der Waals surface area contributed by atoms with Crippen molar-refractivity contribution in [3.8, 4) is 11.1 Å². The number of hydrogen-bond acceptors (Lipinski definition) is 8. The zero-order chi connectivity index (χ0) is 23.4. The van der Waals surface area contributed by atoms with E-state index in [1.165, 1.54) is 35.1 Å². The van der Waals surface area contributed by atoms with Gasteiger partial charge in [-0.1, -0.05) is 48.2 Å². The maximum absolute atomic E-state index is 12.7. The summed E-state index contributed by atoms with van der Waals surface area (Å²) >= 11 is 4.34. The van der Waals surface area contributed by atoms with Gasteiger partial charge in [0.2, 0.25) is 5.91 Å². The van der Waals surface area contributed by atoms with Crippen LogP contribution in [0, 0.1) is 6.92 Å². The van der Waals surface area contributed by atoms with Crippen molar-refractivity contribution in [1.82, 2.24) is 14.8 Å². The van der Waals surface area contributed by atoms with Crippen molar-refractivity contribution in [3.05, 3.63) is 69.0 Å². The Kier molecular flexibility index (Phi) is 7.26. The van der Waals surface area contributed by atoms with Gasteiger partial charge in [0.15, 0.2) is 5.16 Å². The topological polar surface area (TPSA) is 86.1 Å². The lowest BCUT2D eigenvalue weighted by molar-refractivity contribution is -0.113. The number of amides is 1. The smallest absolute Gasteiger partial charge is 0.341 e. The molecule has 4 rings (SSSR count). The number of aromatic nitrogens is 3. The fourth-order valence-electron chi connectivity index (χ4n) is 3.37. The van der Waals surface area contributed by atoms with E-state index in [2.05, 4.69) is 21.6 Å². The second kappa shape index (κ2) is 10.3. The number of carbonyl (C=O) groups is 2. The predicted octanol–water partition coefficient (Wildman–Crippen LogP) is 5.02. The molecule has 1 N–H and O–H groups in total. The third kappa shape index (κ3) is 5.18. The van der Waals surface area contributed by atoms with Gasteiger partial charge < -0.3 is 14.6 Å². The number of nitrogens with one attached hydrogen (secondary N) is 1. The molecule has 0 aliphatic heterocycles. The second-order valence-corrected chi connectivity index (χ2v) is 10.3. The predicted molar refractivity (Wildman–Crippen MR) is 133 cm³/mol. The fourth-order valence-corrected chi connectivity index (χ4v) is 5.88. The maximum Gasteiger partial charge on any atom is 0.341 e. The first-order valence-electron chi connectivity index (χ1n) is 10.1. The summed E-state index contributed by atoms with van der Waals surface area (Å²) in [5.74, 6) is 0.277. The Balaban J connectivity index is 1.48. The summed E-state index contributed by atoms with van der Waals surface area (Å²) in [6.07, 6.45) is 0.702. The number of aryl methyl sites for hydroxylation is 1. The molecule has 0 aliphatic rings. The molecule has 7 nitrogen and oxygen atoms in total. The second-order valence-electron chi connectivity index (χ2n) is 7.15. The zero-order valence-electron chi connectivity index (χ0n) is 18.3. The van der Waals surface area contributed by atoms with Gasteiger partial charge in [-0.3, -0.25) is 4.79 Å². The van der Waals surface area contributed by atoms with Crippen LogP contribution in [0.1, 0.15) is 25.9 Å². The molecule has 0 fully saturated rings. The fraction of sp³-hybridized carbons (Fsp3) is 0.217. The van der Waals surface area contributed by atoms with Gasteiger partial charge in [-0.2, -0.15) is 0 Å². The largest absolute Gasteiger partial charge is 0.465 e. The van der Waals surface area contributed by atoms with E-state index in [9.17, 15) is 9.59 Å². The molecule has 0 atom stereocenters. The minimum absolute atomic E-state index is 0.142. The highest BCUT2D eigenvalue weighted by Crippen LogP contribution is 2.40. The first-order chi connectivity index (χ1) is 16.0. The Bertz CT molecular complexity index is 1260. The van der Waals surface area contributed by atoms with Gasteiger partial charge in [0.25, 0.3) is 0 Å².